The smallest absolute Gasteiger partial charge is 0.118 e. The van der Waals surface area contributed by atoms with E-state index in [9.17, 15) is 5.11 Å². The van der Waals surface area contributed by atoms with Crippen molar-refractivity contribution in [3.8, 4) is 5.75 Å². The van der Waals surface area contributed by atoms with E-state index >= 15 is 0 Å². The van der Waals surface area contributed by atoms with E-state index in [1.807, 2.05) is 49.4 Å². The average Bonchev–Trinajstić information content (AvgIpc) is 2.41. The van der Waals surface area contributed by atoms with Crippen molar-refractivity contribution in [3.05, 3.63) is 59.2 Å². The topological polar surface area (TPSA) is 55.5 Å². The Labute approximate surface area is 107 Å². The first kappa shape index (κ1) is 12.5. The second-order valence-electron chi connectivity index (χ2n) is 4.24. The van der Waals surface area contributed by atoms with Gasteiger partial charge in [-0.05, 0) is 41.8 Å². The molecule has 2 aromatic carbocycles. The molecule has 18 heavy (non-hydrogen) atoms. The van der Waals surface area contributed by atoms with Crippen molar-refractivity contribution in [2.45, 2.75) is 13.0 Å². The van der Waals surface area contributed by atoms with E-state index in [4.69, 9.17) is 10.5 Å². The number of nitrogen functional groups attached to an aromatic ring is 1. The zero-order valence-electron chi connectivity index (χ0n) is 10.6. The van der Waals surface area contributed by atoms with Crippen molar-refractivity contribution >= 4 is 5.69 Å². The fourth-order valence-electron chi connectivity index (χ4n) is 1.93. The largest absolute Gasteiger partial charge is 0.497 e. The van der Waals surface area contributed by atoms with Gasteiger partial charge in [-0.2, -0.15) is 0 Å². The first-order chi connectivity index (χ1) is 8.63. The van der Waals surface area contributed by atoms with Crippen LogP contribution in [0.4, 0.5) is 5.69 Å². The Morgan fingerprint density at radius 2 is 1.78 bits per heavy atom. The summed E-state index contributed by atoms with van der Waals surface area (Å²) in [5.41, 5.74) is 9.12. The highest BCUT2D eigenvalue weighted by Gasteiger charge is 2.13. The maximum absolute atomic E-state index is 10.4. The molecule has 0 aliphatic carbocycles. The fourth-order valence-corrected chi connectivity index (χ4v) is 1.93. The van der Waals surface area contributed by atoms with Gasteiger partial charge in [0, 0.05) is 5.69 Å². The fraction of sp³-hybridized carbons (Fsp3) is 0.200. The summed E-state index contributed by atoms with van der Waals surface area (Å²) in [5, 5.41) is 10.4. The third kappa shape index (κ3) is 2.31. The van der Waals surface area contributed by atoms with Crippen LogP contribution in [0.3, 0.4) is 0 Å². The second-order valence-corrected chi connectivity index (χ2v) is 4.24. The molecule has 0 bridgehead atoms. The van der Waals surface area contributed by atoms with E-state index in [-0.39, 0.29) is 0 Å². The highest BCUT2D eigenvalue weighted by atomic mass is 16.5. The van der Waals surface area contributed by atoms with E-state index in [2.05, 4.69) is 0 Å². The van der Waals surface area contributed by atoms with E-state index in [0.717, 1.165) is 22.4 Å². The minimum absolute atomic E-state index is 0.667. The summed E-state index contributed by atoms with van der Waals surface area (Å²) in [4.78, 5) is 0. The van der Waals surface area contributed by atoms with Gasteiger partial charge in [-0.3, -0.25) is 0 Å². The lowest BCUT2D eigenvalue weighted by molar-refractivity contribution is 0.219. The Balaban J connectivity index is 2.35. The molecule has 1 unspecified atom stereocenters. The van der Waals surface area contributed by atoms with Gasteiger partial charge in [-0.1, -0.05) is 24.3 Å². The van der Waals surface area contributed by atoms with Crippen LogP contribution >= 0.6 is 0 Å². The lowest BCUT2D eigenvalue weighted by atomic mass is 9.96. The van der Waals surface area contributed by atoms with Crippen LogP contribution in [0.2, 0.25) is 0 Å². The number of rotatable bonds is 3. The van der Waals surface area contributed by atoms with Crippen molar-refractivity contribution in [2.75, 3.05) is 12.8 Å². The summed E-state index contributed by atoms with van der Waals surface area (Å²) in [6.45, 7) is 1.91. The molecule has 94 valence electrons. The summed E-state index contributed by atoms with van der Waals surface area (Å²) in [6.07, 6.45) is -0.667. The van der Waals surface area contributed by atoms with Crippen LogP contribution in [-0.4, -0.2) is 12.2 Å². The van der Waals surface area contributed by atoms with Gasteiger partial charge in [-0.25, -0.2) is 0 Å². The molecule has 0 amide bonds. The Kier molecular flexibility index (Phi) is 3.53. The molecule has 0 aliphatic heterocycles. The number of hydrogen-bond acceptors (Lipinski definition) is 3. The van der Waals surface area contributed by atoms with Crippen LogP contribution in [0.5, 0.6) is 5.75 Å². The number of nitrogens with two attached hydrogens (primary N) is 1. The van der Waals surface area contributed by atoms with Crippen LogP contribution in [0, 0.1) is 6.92 Å². The van der Waals surface area contributed by atoms with Gasteiger partial charge in [0.1, 0.15) is 11.9 Å². The first-order valence-electron chi connectivity index (χ1n) is 5.80. The molecule has 0 fully saturated rings. The van der Waals surface area contributed by atoms with Crippen LogP contribution < -0.4 is 10.5 Å². The first-order valence-corrected chi connectivity index (χ1v) is 5.80. The average molecular weight is 243 g/mol. The lowest BCUT2D eigenvalue weighted by Gasteiger charge is -2.15. The van der Waals surface area contributed by atoms with Crippen molar-refractivity contribution in [1.82, 2.24) is 0 Å². The predicted octanol–water partition coefficient (Wildman–Crippen LogP) is 2.67. The summed E-state index contributed by atoms with van der Waals surface area (Å²) in [7, 11) is 1.62. The van der Waals surface area contributed by atoms with Crippen LogP contribution in [0.1, 0.15) is 22.8 Å². The van der Waals surface area contributed by atoms with E-state index < -0.39 is 6.10 Å². The Bertz CT molecular complexity index is 535. The number of ether oxygens (including phenoxy) is 1. The summed E-state index contributed by atoms with van der Waals surface area (Å²) in [5.74, 6) is 0.773. The maximum atomic E-state index is 10.4. The number of aliphatic hydroxyl groups excluding tert-OH is 1. The Hall–Kier alpha value is -2.00. The lowest BCUT2D eigenvalue weighted by Crippen LogP contribution is -2.04. The minimum atomic E-state index is -0.667. The van der Waals surface area contributed by atoms with Crippen molar-refractivity contribution in [1.29, 1.82) is 0 Å². The third-order valence-electron chi connectivity index (χ3n) is 3.14. The molecule has 2 rings (SSSR count). The maximum Gasteiger partial charge on any atom is 0.118 e. The van der Waals surface area contributed by atoms with E-state index in [0.29, 0.717) is 5.69 Å². The summed E-state index contributed by atoms with van der Waals surface area (Å²) < 4.78 is 5.10. The minimum Gasteiger partial charge on any atom is -0.497 e. The highest BCUT2D eigenvalue weighted by Crippen LogP contribution is 2.28. The zero-order valence-corrected chi connectivity index (χ0v) is 10.6. The molecule has 1 atom stereocenters. The van der Waals surface area contributed by atoms with Crippen molar-refractivity contribution in [2.24, 2.45) is 0 Å². The SMILES string of the molecule is COc1ccc(C(O)c2cccc(N)c2C)cc1. The van der Waals surface area contributed by atoms with Gasteiger partial charge in [0.05, 0.1) is 7.11 Å². The molecule has 2 aromatic rings. The zero-order chi connectivity index (χ0) is 13.1. The molecule has 0 heterocycles. The molecule has 0 aromatic heterocycles. The third-order valence-corrected chi connectivity index (χ3v) is 3.14. The highest BCUT2D eigenvalue weighted by molar-refractivity contribution is 5.52. The molecule has 0 saturated carbocycles. The van der Waals surface area contributed by atoms with Gasteiger partial charge >= 0.3 is 0 Å². The standard InChI is InChI=1S/C15H17NO2/c1-10-13(4-3-5-14(10)16)15(17)11-6-8-12(18-2)9-7-11/h3-9,15,17H,16H2,1-2H3. The summed E-state index contributed by atoms with van der Waals surface area (Å²) in [6, 6.07) is 12.9. The molecule has 0 aliphatic rings. The normalized spacial score (nSPS) is 12.2. The Morgan fingerprint density at radius 3 is 2.39 bits per heavy atom. The molecule has 0 radical (unpaired) electrons. The quantitative estimate of drug-likeness (QED) is 0.815. The van der Waals surface area contributed by atoms with Gasteiger partial charge in [0.15, 0.2) is 0 Å². The van der Waals surface area contributed by atoms with Crippen molar-refractivity contribution in [3.63, 3.8) is 0 Å². The molecule has 0 saturated heterocycles. The molecule has 3 N–H and O–H groups in total. The molecule has 0 spiro atoms. The molecular weight excluding hydrogens is 226 g/mol. The van der Waals surface area contributed by atoms with Crippen LogP contribution in [0.25, 0.3) is 0 Å². The second kappa shape index (κ2) is 5.10. The van der Waals surface area contributed by atoms with E-state index in [1.54, 1.807) is 7.11 Å². The molecular formula is C15H17NO2. The number of methoxy groups -OCH3 is 1. The number of benzene rings is 2. The predicted molar refractivity (Wildman–Crippen MR) is 72.6 cm³/mol. The van der Waals surface area contributed by atoms with Crippen LogP contribution in [-0.2, 0) is 0 Å². The summed E-state index contributed by atoms with van der Waals surface area (Å²) >= 11 is 0. The number of anilines is 1. The number of hydrogen-bond donors (Lipinski definition) is 2. The van der Waals surface area contributed by atoms with Gasteiger partial charge in [0.25, 0.3) is 0 Å². The van der Waals surface area contributed by atoms with Gasteiger partial charge < -0.3 is 15.6 Å². The van der Waals surface area contributed by atoms with Gasteiger partial charge in [0.2, 0.25) is 0 Å². The Morgan fingerprint density at radius 1 is 1.11 bits per heavy atom. The number of aliphatic hydroxyl groups is 1. The van der Waals surface area contributed by atoms with Gasteiger partial charge in [-0.15, -0.1) is 0 Å². The van der Waals surface area contributed by atoms with E-state index in [1.165, 1.54) is 0 Å². The van der Waals surface area contributed by atoms with Crippen LogP contribution in [0.15, 0.2) is 42.5 Å². The molecule has 3 nitrogen and oxygen atoms in total. The monoisotopic (exact) mass is 243 g/mol. The molecule has 3 heteroatoms. The van der Waals surface area contributed by atoms with Crippen molar-refractivity contribution < 1.29 is 9.84 Å².